The average Bonchev–Trinajstić information content (AvgIpc) is 3.00. The van der Waals surface area contributed by atoms with Crippen LogP contribution >= 0.6 is 11.3 Å². The Kier molecular flexibility index (Phi) is 5.68. The number of rotatable bonds is 6. The first-order valence-corrected chi connectivity index (χ1v) is 10.7. The Morgan fingerprint density at radius 3 is 2.68 bits per heavy atom. The van der Waals surface area contributed by atoms with Gasteiger partial charge in [0.15, 0.2) is 0 Å². The van der Waals surface area contributed by atoms with E-state index in [0.717, 1.165) is 57.6 Å². The van der Waals surface area contributed by atoms with E-state index in [2.05, 4.69) is 30.2 Å². The topological polar surface area (TPSA) is 86.8 Å². The summed E-state index contributed by atoms with van der Waals surface area (Å²) in [6.07, 6.45) is 8.21. The molecule has 3 aromatic rings. The van der Waals surface area contributed by atoms with Crippen molar-refractivity contribution in [3.8, 4) is 0 Å². The Morgan fingerprint density at radius 2 is 1.93 bits per heavy atom. The zero-order valence-corrected chi connectivity index (χ0v) is 17.2. The molecular formula is C20H26N6OS. The smallest absolute Gasteiger partial charge is 0.259 e. The van der Waals surface area contributed by atoms with Crippen molar-refractivity contribution in [3.63, 3.8) is 0 Å². The normalized spacial score (nSPS) is 14.7. The molecule has 4 heterocycles. The SMILES string of the molecule is Cc1sc2nc(CCNCc3cnc(N4CCCCC4)nc3)[nH]c(=O)c2c1C. The monoisotopic (exact) mass is 398 g/mol. The van der Waals surface area contributed by atoms with Crippen LogP contribution in [0.3, 0.4) is 0 Å². The van der Waals surface area contributed by atoms with Crippen LogP contribution in [0.15, 0.2) is 17.2 Å². The zero-order valence-electron chi connectivity index (χ0n) is 16.4. The summed E-state index contributed by atoms with van der Waals surface area (Å²) in [5.74, 6) is 1.56. The van der Waals surface area contributed by atoms with E-state index in [1.54, 1.807) is 11.3 Å². The molecule has 8 heteroatoms. The Bertz CT molecular complexity index is 1000. The fourth-order valence-corrected chi connectivity index (χ4v) is 4.60. The second-order valence-electron chi connectivity index (χ2n) is 7.34. The number of piperidine rings is 1. The second kappa shape index (κ2) is 8.36. The average molecular weight is 399 g/mol. The van der Waals surface area contributed by atoms with Gasteiger partial charge in [-0.05, 0) is 38.7 Å². The van der Waals surface area contributed by atoms with Crippen LogP contribution in [0.4, 0.5) is 5.95 Å². The van der Waals surface area contributed by atoms with Crippen molar-refractivity contribution in [2.45, 2.75) is 46.1 Å². The van der Waals surface area contributed by atoms with Crippen molar-refractivity contribution >= 4 is 27.5 Å². The van der Waals surface area contributed by atoms with Crippen LogP contribution in [0.5, 0.6) is 0 Å². The molecule has 0 spiro atoms. The Hall–Kier alpha value is -2.32. The lowest BCUT2D eigenvalue weighted by atomic mass is 10.1. The highest BCUT2D eigenvalue weighted by atomic mass is 32.1. The molecule has 0 radical (unpaired) electrons. The van der Waals surface area contributed by atoms with E-state index in [-0.39, 0.29) is 5.56 Å². The highest BCUT2D eigenvalue weighted by molar-refractivity contribution is 7.18. The van der Waals surface area contributed by atoms with E-state index in [0.29, 0.717) is 13.0 Å². The largest absolute Gasteiger partial charge is 0.341 e. The maximum atomic E-state index is 12.3. The number of H-pyrrole nitrogens is 1. The summed E-state index contributed by atoms with van der Waals surface area (Å²) in [5, 5.41) is 4.11. The standard InChI is InChI=1S/C20H26N6OS/c1-13-14(2)28-19-17(13)18(27)24-16(25-19)6-7-21-10-15-11-22-20(23-12-15)26-8-4-3-5-9-26/h11-12,21H,3-10H2,1-2H3,(H,24,25,27). The third kappa shape index (κ3) is 4.07. The number of fused-ring (bicyclic) bond motifs is 1. The summed E-state index contributed by atoms with van der Waals surface area (Å²) in [5.41, 5.74) is 2.05. The van der Waals surface area contributed by atoms with Gasteiger partial charge in [-0.1, -0.05) is 0 Å². The summed E-state index contributed by atoms with van der Waals surface area (Å²) < 4.78 is 0. The van der Waals surface area contributed by atoms with Gasteiger partial charge in [-0.25, -0.2) is 15.0 Å². The lowest BCUT2D eigenvalue weighted by Crippen LogP contribution is -2.31. The van der Waals surface area contributed by atoms with Crippen molar-refractivity contribution < 1.29 is 0 Å². The van der Waals surface area contributed by atoms with Crippen molar-refractivity contribution in [1.82, 2.24) is 25.3 Å². The maximum Gasteiger partial charge on any atom is 0.259 e. The molecule has 1 saturated heterocycles. The van der Waals surface area contributed by atoms with Gasteiger partial charge in [-0.3, -0.25) is 4.79 Å². The van der Waals surface area contributed by atoms with Gasteiger partial charge in [0.1, 0.15) is 10.7 Å². The predicted molar refractivity (Wildman–Crippen MR) is 113 cm³/mol. The number of aromatic amines is 1. The van der Waals surface area contributed by atoms with Crippen LogP contribution in [-0.2, 0) is 13.0 Å². The first-order valence-electron chi connectivity index (χ1n) is 9.87. The minimum atomic E-state index is -0.0384. The van der Waals surface area contributed by atoms with Crippen LogP contribution in [0, 0.1) is 13.8 Å². The summed E-state index contributed by atoms with van der Waals surface area (Å²) in [4.78, 5) is 33.1. The fraction of sp³-hybridized carbons (Fsp3) is 0.500. The number of aryl methyl sites for hydroxylation is 2. The summed E-state index contributed by atoms with van der Waals surface area (Å²) in [6, 6.07) is 0. The number of nitrogens with one attached hydrogen (secondary N) is 2. The van der Waals surface area contributed by atoms with Crippen LogP contribution < -0.4 is 15.8 Å². The van der Waals surface area contributed by atoms with Gasteiger partial charge in [0.25, 0.3) is 5.56 Å². The molecular weight excluding hydrogens is 372 g/mol. The van der Waals surface area contributed by atoms with Crippen LogP contribution in [0.25, 0.3) is 10.2 Å². The van der Waals surface area contributed by atoms with Gasteiger partial charge in [0, 0.05) is 55.4 Å². The summed E-state index contributed by atoms with van der Waals surface area (Å²) in [7, 11) is 0. The quantitative estimate of drug-likeness (QED) is 0.621. The zero-order chi connectivity index (χ0) is 19.5. The molecule has 1 fully saturated rings. The number of thiophene rings is 1. The molecule has 0 aliphatic carbocycles. The minimum absolute atomic E-state index is 0.0384. The Morgan fingerprint density at radius 1 is 1.18 bits per heavy atom. The first kappa shape index (κ1) is 19.0. The third-order valence-electron chi connectivity index (χ3n) is 5.29. The number of aromatic nitrogens is 4. The molecule has 3 aromatic heterocycles. The molecule has 0 amide bonds. The second-order valence-corrected chi connectivity index (χ2v) is 8.55. The van der Waals surface area contributed by atoms with E-state index in [1.807, 2.05) is 26.2 Å². The molecule has 7 nitrogen and oxygen atoms in total. The van der Waals surface area contributed by atoms with E-state index >= 15 is 0 Å². The molecule has 0 saturated carbocycles. The summed E-state index contributed by atoms with van der Waals surface area (Å²) >= 11 is 1.58. The van der Waals surface area contributed by atoms with Gasteiger partial charge in [-0.15, -0.1) is 11.3 Å². The van der Waals surface area contributed by atoms with Crippen LogP contribution in [0.2, 0.25) is 0 Å². The molecule has 0 atom stereocenters. The molecule has 1 aliphatic rings. The number of anilines is 1. The molecule has 2 N–H and O–H groups in total. The Labute approximate surface area is 168 Å². The van der Waals surface area contributed by atoms with Gasteiger partial charge in [0.2, 0.25) is 5.95 Å². The van der Waals surface area contributed by atoms with Crippen LogP contribution in [0.1, 0.15) is 41.1 Å². The highest BCUT2D eigenvalue weighted by Gasteiger charge is 2.13. The molecule has 0 bridgehead atoms. The van der Waals surface area contributed by atoms with E-state index in [9.17, 15) is 4.79 Å². The van der Waals surface area contributed by atoms with Gasteiger partial charge < -0.3 is 15.2 Å². The molecule has 4 rings (SSSR count). The van der Waals surface area contributed by atoms with Gasteiger partial charge >= 0.3 is 0 Å². The number of hydrogen-bond donors (Lipinski definition) is 2. The lowest BCUT2D eigenvalue weighted by molar-refractivity contribution is 0.567. The van der Waals surface area contributed by atoms with Crippen molar-refractivity contribution in [2.75, 3.05) is 24.5 Å². The van der Waals surface area contributed by atoms with Crippen molar-refractivity contribution in [3.05, 3.63) is 44.6 Å². The summed E-state index contributed by atoms with van der Waals surface area (Å²) in [6.45, 7) is 7.54. The number of hydrogen-bond acceptors (Lipinski definition) is 7. The van der Waals surface area contributed by atoms with Gasteiger partial charge in [-0.2, -0.15) is 0 Å². The van der Waals surface area contributed by atoms with E-state index in [4.69, 9.17) is 0 Å². The van der Waals surface area contributed by atoms with Crippen molar-refractivity contribution in [1.29, 1.82) is 0 Å². The van der Waals surface area contributed by atoms with E-state index < -0.39 is 0 Å². The number of nitrogens with zero attached hydrogens (tertiary/aromatic N) is 4. The molecule has 148 valence electrons. The fourth-order valence-electron chi connectivity index (χ4n) is 3.55. The first-order chi connectivity index (χ1) is 13.6. The van der Waals surface area contributed by atoms with E-state index in [1.165, 1.54) is 19.3 Å². The van der Waals surface area contributed by atoms with Crippen LogP contribution in [-0.4, -0.2) is 39.6 Å². The lowest BCUT2D eigenvalue weighted by Gasteiger charge is -2.26. The third-order valence-corrected chi connectivity index (χ3v) is 6.39. The van der Waals surface area contributed by atoms with Gasteiger partial charge in [0.05, 0.1) is 5.39 Å². The molecule has 0 aromatic carbocycles. The molecule has 1 aliphatic heterocycles. The maximum absolute atomic E-state index is 12.3. The molecule has 28 heavy (non-hydrogen) atoms. The Balaban J connectivity index is 1.31. The molecule has 0 unspecified atom stereocenters. The van der Waals surface area contributed by atoms with Crippen molar-refractivity contribution in [2.24, 2.45) is 0 Å². The highest BCUT2D eigenvalue weighted by Crippen LogP contribution is 2.25. The predicted octanol–water partition coefficient (Wildman–Crippen LogP) is 2.71. The minimum Gasteiger partial charge on any atom is -0.341 e.